The van der Waals surface area contributed by atoms with Crippen molar-refractivity contribution in [2.75, 3.05) is 0 Å². The molecule has 0 spiro atoms. The van der Waals surface area contributed by atoms with E-state index < -0.39 is 16.7 Å². The van der Waals surface area contributed by atoms with Gasteiger partial charge in [0.15, 0.2) is 11.1 Å². The summed E-state index contributed by atoms with van der Waals surface area (Å²) in [7, 11) is 2.75. The third-order valence-corrected chi connectivity index (χ3v) is 2.39. The summed E-state index contributed by atoms with van der Waals surface area (Å²) >= 11 is 0. The van der Waals surface area contributed by atoms with Crippen LogP contribution in [0, 0.1) is 5.41 Å². The van der Waals surface area contributed by atoms with Gasteiger partial charge in [0.05, 0.1) is 0 Å². The standard InChI is InChI=1S/C8H9N5O3/c1-11-6-4(5(9)13(16)3-10-6)7(14)12(2)8(11)15/h3,9,16H,1-2H3. The average Bonchev–Trinajstić information content (AvgIpc) is 2.27. The van der Waals surface area contributed by atoms with Crippen LogP contribution in [-0.2, 0) is 14.1 Å². The summed E-state index contributed by atoms with van der Waals surface area (Å²) in [4.78, 5) is 27.0. The molecule has 2 N–H and O–H groups in total. The van der Waals surface area contributed by atoms with E-state index in [0.29, 0.717) is 4.73 Å². The highest BCUT2D eigenvalue weighted by Gasteiger charge is 2.12. The summed E-state index contributed by atoms with van der Waals surface area (Å²) in [6, 6.07) is 0. The van der Waals surface area contributed by atoms with Crippen LogP contribution in [-0.4, -0.2) is 24.1 Å². The predicted molar refractivity (Wildman–Crippen MR) is 53.3 cm³/mol. The second-order valence-electron chi connectivity index (χ2n) is 3.34. The van der Waals surface area contributed by atoms with Gasteiger partial charge in [-0.1, -0.05) is 0 Å². The lowest BCUT2D eigenvalue weighted by molar-refractivity contribution is 0.168. The number of nitrogens with zero attached hydrogens (tertiary/aromatic N) is 4. The van der Waals surface area contributed by atoms with Gasteiger partial charge in [-0.2, -0.15) is 4.73 Å². The Morgan fingerprint density at radius 3 is 2.56 bits per heavy atom. The van der Waals surface area contributed by atoms with Crippen molar-refractivity contribution >= 4 is 11.0 Å². The zero-order chi connectivity index (χ0) is 12.0. The molecule has 0 atom stereocenters. The number of nitrogens with one attached hydrogen (secondary N) is 1. The quantitative estimate of drug-likeness (QED) is 0.511. The molecule has 2 aromatic heterocycles. The molecular formula is C8H9N5O3. The smallest absolute Gasteiger partial charge is 0.332 e. The minimum Gasteiger partial charge on any atom is -0.425 e. The van der Waals surface area contributed by atoms with Gasteiger partial charge in [0.1, 0.15) is 11.7 Å². The van der Waals surface area contributed by atoms with E-state index in [0.717, 1.165) is 15.5 Å². The Labute approximate surface area is 88.1 Å². The van der Waals surface area contributed by atoms with E-state index in [9.17, 15) is 14.8 Å². The van der Waals surface area contributed by atoms with Crippen LogP contribution in [0.2, 0.25) is 0 Å². The van der Waals surface area contributed by atoms with Crippen molar-refractivity contribution in [3.63, 3.8) is 0 Å². The molecule has 84 valence electrons. The summed E-state index contributed by atoms with van der Waals surface area (Å²) in [5.74, 6) is 0. The summed E-state index contributed by atoms with van der Waals surface area (Å²) in [5.41, 5.74) is -1.51. The van der Waals surface area contributed by atoms with Crippen LogP contribution >= 0.6 is 0 Å². The van der Waals surface area contributed by atoms with Crippen LogP contribution in [0.1, 0.15) is 0 Å². The first kappa shape index (κ1) is 10.1. The highest BCUT2D eigenvalue weighted by Crippen LogP contribution is 1.95. The molecule has 0 amide bonds. The van der Waals surface area contributed by atoms with Gasteiger partial charge in [-0.3, -0.25) is 19.3 Å². The van der Waals surface area contributed by atoms with Crippen molar-refractivity contribution in [3.8, 4) is 0 Å². The van der Waals surface area contributed by atoms with Crippen LogP contribution in [0.15, 0.2) is 15.9 Å². The first-order chi connectivity index (χ1) is 7.45. The molecule has 0 unspecified atom stereocenters. The zero-order valence-electron chi connectivity index (χ0n) is 8.63. The van der Waals surface area contributed by atoms with Gasteiger partial charge in [0, 0.05) is 14.1 Å². The first-order valence-corrected chi connectivity index (χ1v) is 4.36. The first-order valence-electron chi connectivity index (χ1n) is 4.36. The maximum absolute atomic E-state index is 11.7. The van der Waals surface area contributed by atoms with Gasteiger partial charge in [-0.25, -0.2) is 9.78 Å². The lowest BCUT2D eigenvalue weighted by atomic mass is 10.4. The van der Waals surface area contributed by atoms with Gasteiger partial charge >= 0.3 is 5.69 Å². The number of aryl methyl sites for hydroxylation is 1. The maximum Gasteiger partial charge on any atom is 0.332 e. The van der Waals surface area contributed by atoms with Crippen LogP contribution < -0.4 is 16.7 Å². The van der Waals surface area contributed by atoms with Gasteiger partial charge < -0.3 is 5.21 Å². The number of aromatic nitrogens is 4. The minimum absolute atomic E-state index is 0.0726. The second kappa shape index (κ2) is 3.05. The molecule has 0 saturated carbocycles. The minimum atomic E-state index is -0.654. The van der Waals surface area contributed by atoms with E-state index in [1.165, 1.54) is 14.1 Å². The molecule has 0 aliphatic heterocycles. The Morgan fingerprint density at radius 1 is 1.31 bits per heavy atom. The molecule has 8 nitrogen and oxygen atoms in total. The van der Waals surface area contributed by atoms with E-state index in [2.05, 4.69) is 4.98 Å². The molecule has 0 aliphatic carbocycles. The van der Waals surface area contributed by atoms with Crippen molar-refractivity contribution in [1.82, 2.24) is 18.8 Å². The van der Waals surface area contributed by atoms with Gasteiger partial charge in [0.25, 0.3) is 5.56 Å². The Balaban J connectivity index is 3.30. The Kier molecular flexibility index (Phi) is 1.94. The van der Waals surface area contributed by atoms with Crippen molar-refractivity contribution in [1.29, 1.82) is 5.41 Å². The topological polar surface area (TPSA) is 106 Å². The summed E-state index contributed by atoms with van der Waals surface area (Å²) < 4.78 is 2.44. The lowest BCUT2D eigenvalue weighted by Crippen LogP contribution is -2.40. The summed E-state index contributed by atoms with van der Waals surface area (Å²) in [6.07, 6.45) is 0.962. The molecule has 0 aromatic carbocycles. The number of hydrogen-bond acceptors (Lipinski definition) is 5. The van der Waals surface area contributed by atoms with Crippen molar-refractivity contribution in [2.45, 2.75) is 0 Å². The largest absolute Gasteiger partial charge is 0.425 e. The van der Waals surface area contributed by atoms with Crippen molar-refractivity contribution in [3.05, 3.63) is 32.7 Å². The fourth-order valence-corrected chi connectivity index (χ4v) is 1.47. The second-order valence-corrected chi connectivity index (χ2v) is 3.34. The fraction of sp³-hybridized carbons (Fsp3) is 0.250. The number of hydrogen-bond donors (Lipinski definition) is 2. The molecule has 2 heterocycles. The number of rotatable bonds is 0. The molecular weight excluding hydrogens is 214 g/mol. The monoisotopic (exact) mass is 223 g/mol. The van der Waals surface area contributed by atoms with E-state index in [-0.39, 0.29) is 11.0 Å². The molecule has 2 aromatic rings. The molecule has 0 aliphatic rings. The Hall–Kier alpha value is -2.38. The maximum atomic E-state index is 11.7. The van der Waals surface area contributed by atoms with Gasteiger partial charge in [-0.15, -0.1) is 0 Å². The fourth-order valence-electron chi connectivity index (χ4n) is 1.47. The Bertz CT molecular complexity index is 751. The molecule has 0 bridgehead atoms. The highest BCUT2D eigenvalue weighted by molar-refractivity contribution is 5.71. The third-order valence-electron chi connectivity index (χ3n) is 2.39. The lowest BCUT2D eigenvalue weighted by Gasteiger charge is -2.06. The normalized spacial score (nSPS) is 10.9. The molecule has 0 fully saturated rings. The van der Waals surface area contributed by atoms with Crippen LogP contribution in [0.25, 0.3) is 11.0 Å². The Morgan fingerprint density at radius 2 is 1.94 bits per heavy atom. The molecule has 0 radical (unpaired) electrons. The predicted octanol–water partition coefficient (Wildman–Crippen LogP) is -1.85. The molecule has 2 rings (SSSR count). The van der Waals surface area contributed by atoms with Crippen molar-refractivity contribution < 1.29 is 5.21 Å². The van der Waals surface area contributed by atoms with Crippen LogP contribution in [0.3, 0.4) is 0 Å². The SMILES string of the molecule is Cn1c(=O)c2c(=N)n(O)cnc2n(C)c1=O. The van der Waals surface area contributed by atoms with Crippen LogP contribution in [0.5, 0.6) is 0 Å². The van der Waals surface area contributed by atoms with E-state index in [4.69, 9.17) is 5.41 Å². The molecule has 8 heteroatoms. The van der Waals surface area contributed by atoms with Gasteiger partial charge in [0.2, 0.25) is 0 Å². The van der Waals surface area contributed by atoms with E-state index in [1.807, 2.05) is 0 Å². The van der Waals surface area contributed by atoms with Gasteiger partial charge in [-0.05, 0) is 0 Å². The van der Waals surface area contributed by atoms with Crippen molar-refractivity contribution in [2.24, 2.45) is 14.1 Å². The number of fused-ring (bicyclic) bond motifs is 1. The summed E-state index contributed by atoms with van der Waals surface area (Å²) in [6.45, 7) is 0. The van der Waals surface area contributed by atoms with Crippen LogP contribution in [0.4, 0.5) is 0 Å². The zero-order valence-corrected chi connectivity index (χ0v) is 8.63. The highest BCUT2D eigenvalue weighted by atomic mass is 16.5. The molecule has 0 saturated heterocycles. The third kappa shape index (κ3) is 1.09. The summed E-state index contributed by atoms with van der Waals surface area (Å²) in [5, 5.41) is 16.7. The van der Waals surface area contributed by atoms with E-state index in [1.54, 1.807) is 0 Å². The average molecular weight is 223 g/mol. The molecule has 16 heavy (non-hydrogen) atoms. The van der Waals surface area contributed by atoms with E-state index >= 15 is 0 Å².